The Morgan fingerprint density at radius 2 is 2.27 bits per heavy atom. The molecule has 0 fully saturated rings. The zero-order valence-electron chi connectivity index (χ0n) is 9.04. The second-order valence-corrected chi connectivity index (χ2v) is 3.04. The summed E-state index contributed by atoms with van der Waals surface area (Å²) in [6, 6.07) is 7.47. The number of hydrogen-bond acceptors (Lipinski definition) is 3. The van der Waals surface area contributed by atoms with E-state index in [-0.39, 0.29) is 12.5 Å². The number of hydrogen-bond donors (Lipinski definition) is 2. The number of ether oxygens (including phenoxy) is 1. The fraction of sp³-hybridized carbons (Fsp3) is 0.364. The number of carbonyl (C=O) groups is 1. The topological polar surface area (TPSA) is 50.4 Å². The lowest BCUT2D eigenvalue weighted by molar-refractivity contribution is -0.119. The molecular formula is C11H16N2O2. The van der Waals surface area contributed by atoms with Crippen LogP contribution in [-0.4, -0.2) is 26.1 Å². The summed E-state index contributed by atoms with van der Waals surface area (Å²) in [5.41, 5.74) is 0.876. The van der Waals surface area contributed by atoms with E-state index in [0.29, 0.717) is 6.54 Å². The quantitative estimate of drug-likeness (QED) is 0.765. The number of rotatable bonds is 5. The van der Waals surface area contributed by atoms with E-state index in [9.17, 15) is 4.79 Å². The van der Waals surface area contributed by atoms with Gasteiger partial charge in [0.15, 0.2) is 0 Å². The van der Waals surface area contributed by atoms with Crippen molar-refractivity contribution in [3.63, 3.8) is 0 Å². The molecule has 0 saturated heterocycles. The number of amides is 1. The van der Waals surface area contributed by atoms with Crippen LogP contribution in [0.1, 0.15) is 6.92 Å². The molecule has 0 bridgehead atoms. The van der Waals surface area contributed by atoms with E-state index in [0.717, 1.165) is 11.4 Å². The Morgan fingerprint density at radius 1 is 1.47 bits per heavy atom. The van der Waals surface area contributed by atoms with Crippen LogP contribution < -0.4 is 15.4 Å². The summed E-state index contributed by atoms with van der Waals surface area (Å²) in [5.74, 6) is 0.760. The predicted molar refractivity (Wildman–Crippen MR) is 60.2 cm³/mol. The monoisotopic (exact) mass is 208 g/mol. The van der Waals surface area contributed by atoms with Gasteiger partial charge in [-0.2, -0.15) is 0 Å². The molecule has 1 rings (SSSR count). The van der Waals surface area contributed by atoms with E-state index in [1.165, 1.54) is 0 Å². The smallest absolute Gasteiger partial charge is 0.239 e. The van der Waals surface area contributed by atoms with Crippen LogP contribution in [0.25, 0.3) is 0 Å². The van der Waals surface area contributed by atoms with E-state index in [1.807, 2.05) is 31.2 Å². The molecule has 1 aromatic carbocycles. The minimum atomic E-state index is -0.0136. The Kier molecular flexibility index (Phi) is 4.47. The maximum atomic E-state index is 11.2. The van der Waals surface area contributed by atoms with Crippen LogP contribution in [0.15, 0.2) is 24.3 Å². The van der Waals surface area contributed by atoms with Gasteiger partial charge in [0.05, 0.1) is 13.7 Å². The molecule has 0 aliphatic rings. The lowest BCUT2D eigenvalue weighted by Crippen LogP contribution is -2.29. The molecular weight excluding hydrogens is 192 g/mol. The molecule has 0 unspecified atom stereocenters. The zero-order valence-corrected chi connectivity index (χ0v) is 9.04. The first kappa shape index (κ1) is 11.4. The average molecular weight is 208 g/mol. The second kappa shape index (κ2) is 5.90. The normalized spacial score (nSPS) is 9.47. The van der Waals surface area contributed by atoms with Crippen molar-refractivity contribution < 1.29 is 9.53 Å². The fourth-order valence-electron chi connectivity index (χ4n) is 1.18. The summed E-state index contributed by atoms with van der Waals surface area (Å²) in [6.07, 6.45) is 0. The number of nitrogens with one attached hydrogen (secondary N) is 2. The molecule has 15 heavy (non-hydrogen) atoms. The van der Waals surface area contributed by atoms with Crippen molar-refractivity contribution in [1.29, 1.82) is 0 Å². The summed E-state index contributed by atoms with van der Waals surface area (Å²) in [5, 5.41) is 5.72. The van der Waals surface area contributed by atoms with Gasteiger partial charge in [-0.15, -0.1) is 0 Å². The maximum absolute atomic E-state index is 11.2. The third kappa shape index (κ3) is 3.89. The van der Waals surface area contributed by atoms with Crippen LogP contribution in [0.4, 0.5) is 5.69 Å². The van der Waals surface area contributed by atoms with Crippen LogP contribution in [-0.2, 0) is 4.79 Å². The Bertz CT molecular complexity index is 326. The van der Waals surface area contributed by atoms with E-state index in [2.05, 4.69) is 10.6 Å². The van der Waals surface area contributed by atoms with Gasteiger partial charge in [-0.1, -0.05) is 6.07 Å². The Morgan fingerprint density at radius 3 is 2.93 bits per heavy atom. The van der Waals surface area contributed by atoms with Crippen molar-refractivity contribution in [2.45, 2.75) is 6.92 Å². The minimum absolute atomic E-state index is 0.0136. The van der Waals surface area contributed by atoms with E-state index >= 15 is 0 Å². The lowest BCUT2D eigenvalue weighted by Gasteiger charge is -2.07. The fourth-order valence-corrected chi connectivity index (χ4v) is 1.18. The first-order valence-corrected chi connectivity index (χ1v) is 4.91. The van der Waals surface area contributed by atoms with E-state index < -0.39 is 0 Å². The number of methoxy groups -OCH3 is 1. The van der Waals surface area contributed by atoms with Gasteiger partial charge in [0, 0.05) is 18.3 Å². The van der Waals surface area contributed by atoms with Crippen molar-refractivity contribution in [2.75, 3.05) is 25.5 Å². The van der Waals surface area contributed by atoms with Crippen LogP contribution in [0.2, 0.25) is 0 Å². The summed E-state index contributed by atoms with van der Waals surface area (Å²) in [7, 11) is 1.61. The Labute approximate surface area is 89.6 Å². The highest BCUT2D eigenvalue weighted by Crippen LogP contribution is 2.16. The first-order valence-electron chi connectivity index (χ1n) is 4.91. The predicted octanol–water partition coefficient (Wildman–Crippen LogP) is 1.24. The summed E-state index contributed by atoms with van der Waals surface area (Å²) in [6.45, 7) is 2.82. The van der Waals surface area contributed by atoms with Gasteiger partial charge < -0.3 is 15.4 Å². The summed E-state index contributed by atoms with van der Waals surface area (Å²) < 4.78 is 5.07. The second-order valence-electron chi connectivity index (χ2n) is 3.04. The van der Waals surface area contributed by atoms with Crippen LogP contribution >= 0.6 is 0 Å². The molecule has 82 valence electrons. The van der Waals surface area contributed by atoms with Crippen LogP contribution in [0.5, 0.6) is 5.75 Å². The van der Waals surface area contributed by atoms with Gasteiger partial charge >= 0.3 is 0 Å². The maximum Gasteiger partial charge on any atom is 0.239 e. The molecule has 4 nitrogen and oxygen atoms in total. The molecule has 1 aromatic rings. The molecule has 0 spiro atoms. The molecule has 2 N–H and O–H groups in total. The van der Waals surface area contributed by atoms with E-state index in [1.54, 1.807) is 7.11 Å². The molecule has 0 saturated carbocycles. The summed E-state index contributed by atoms with van der Waals surface area (Å²) >= 11 is 0. The largest absolute Gasteiger partial charge is 0.497 e. The van der Waals surface area contributed by atoms with Crippen LogP contribution in [0, 0.1) is 0 Å². The molecule has 0 atom stereocenters. The van der Waals surface area contributed by atoms with Gasteiger partial charge in [-0.05, 0) is 19.1 Å². The summed E-state index contributed by atoms with van der Waals surface area (Å²) in [4.78, 5) is 11.2. The average Bonchev–Trinajstić information content (AvgIpc) is 2.27. The lowest BCUT2D eigenvalue weighted by atomic mass is 10.3. The molecule has 0 heterocycles. The highest BCUT2D eigenvalue weighted by atomic mass is 16.5. The molecule has 1 amide bonds. The Hall–Kier alpha value is -1.71. The van der Waals surface area contributed by atoms with Gasteiger partial charge in [-0.3, -0.25) is 4.79 Å². The third-order valence-corrected chi connectivity index (χ3v) is 1.90. The number of benzene rings is 1. The van der Waals surface area contributed by atoms with Crippen molar-refractivity contribution in [3.05, 3.63) is 24.3 Å². The highest BCUT2D eigenvalue weighted by molar-refractivity contribution is 5.80. The number of anilines is 1. The molecule has 0 aliphatic carbocycles. The van der Waals surface area contributed by atoms with E-state index in [4.69, 9.17) is 4.74 Å². The highest BCUT2D eigenvalue weighted by Gasteiger charge is 1.99. The SMILES string of the molecule is CCNC(=O)CNc1cccc(OC)c1. The molecule has 0 aliphatic heterocycles. The van der Waals surface area contributed by atoms with Gasteiger partial charge in [0.2, 0.25) is 5.91 Å². The Balaban J connectivity index is 2.46. The van der Waals surface area contributed by atoms with Gasteiger partial charge in [0.1, 0.15) is 5.75 Å². The first-order chi connectivity index (χ1) is 7.26. The number of carbonyl (C=O) groups excluding carboxylic acids is 1. The number of likely N-dealkylation sites (N-methyl/N-ethyl adjacent to an activating group) is 1. The van der Waals surface area contributed by atoms with Crippen molar-refractivity contribution in [1.82, 2.24) is 5.32 Å². The molecule has 0 aromatic heterocycles. The van der Waals surface area contributed by atoms with Crippen LogP contribution in [0.3, 0.4) is 0 Å². The minimum Gasteiger partial charge on any atom is -0.497 e. The van der Waals surface area contributed by atoms with Crippen molar-refractivity contribution in [3.8, 4) is 5.75 Å². The standard InChI is InChI=1S/C11H16N2O2/c1-3-12-11(14)8-13-9-5-4-6-10(7-9)15-2/h4-7,13H,3,8H2,1-2H3,(H,12,14). The van der Waals surface area contributed by atoms with Crippen molar-refractivity contribution in [2.24, 2.45) is 0 Å². The third-order valence-electron chi connectivity index (χ3n) is 1.90. The molecule has 4 heteroatoms. The van der Waals surface area contributed by atoms with Gasteiger partial charge in [0.25, 0.3) is 0 Å². The van der Waals surface area contributed by atoms with Crippen molar-refractivity contribution >= 4 is 11.6 Å². The zero-order chi connectivity index (χ0) is 11.1. The molecule has 0 radical (unpaired) electrons. The van der Waals surface area contributed by atoms with Gasteiger partial charge in [-0.25, -0.2) is 0 Å².